The van der Waals surface area contributed by atoms with Crippen molar-refractivity contribution in [2.45, 2.75) is 13.8 Å². The zero-order valence-corrected chi connectivity index (χ0v) is 14.4. The normalized spacial score (nSPS) is 10.5. The molecule has 26 heavy (non-hydrogen) atoms. The summed E-state index contributed by atoms with van der Waals surface area (Å²) in [4.78, 5) is 27.0. The molecule has 3 rings (SSSR count). The average Bonchev–Trinajstić information content (AvgIpc) is 2.58. The SMILES string of the molecule is Cc1cc(C)cc(NC(=O)COc2ccc([N+](=O)[O-])c3cccnc23)c1. The number of nitro benzene ring substituents is 1. The molecule has 0 saturated carbocycles. The van der Waals surface area contributed by atoms with Gasteiger partial charge in [0.15, 0.2) is 6.61 Å². The predicted molar refractivity (Wildman–Crippen MR) is 98.4 cm³/mol. The second kappa shape index (κ2) is 7.18. The zero-order valence-electron chi connectivity index (χ0n) is 14.4. The molecule has 1 heterocycles. The first-order valence-corrected chi connectivity index (χ1v) is 7.97. The van der Waals surface area contributed by atoms with Crippen LogP contribution in [0.4, 0.5) is 11.4 Å². The fourth-order valence-electron chi connectivity index (χ4n) is 2.79. The average molecular weight is 351 g/mol. The Balaban J connectivity index is 1.76. The van der Waals surface area contributed by atoms with Crippen LogP contribution in [0.15, 0.2) is 48.7 Å². The van der Waals surface area contributed by atoms with Crippen LogP contribution in [0, 0.1) is 24.0 Å². The molecule has 0 bridgehead atoms. The van der Waals surface area contributed by atoms with Gasteiger partial charge in [0.05, 0.1) is 10.3 Å². The lowest BCUT2D eigenvalue weighted by Crippen LogP contribution is -2.20. The van der Waals surface area contributed by atoms with E-state index < -0.39 is 4.92 Å². The van der Waals surface area contributed by atoms with E-state index in [2.05, 4.69) is 10.3 Å². The molecule has 1 amide bonds. The third kappa shape index (κ3) is 3.77. The van der Waals surface area contributed by atoms with E-state index >= 15 is 0 Å². The highest BCUT2D eigenvalue weighted by molar-refractivity contribution is 5.94. The van der Waals surface area contributed by atoms with Gasteiger partial charge in [0, 0.05) is 18.0 Å². The lowest BCUT2D eigenvalue weighted by Gasteiger charge is -2.10. The molecule has 0 aliphatic carbocycles. The number of amides is 1. The Morgan fingerprint density at radius 1 is 1.19 bits per heavy atom. The number of hydrogen-bond acceptors (Lipinski definition) is 5. The van der Waals surface area contributed by atoms with E-state index in [0.717, 1.165) is 11.1 Å². The summed E-state index contributed by atoms with van der Waals surface area (Å²) in [5.74, 6) is -0.000735. The summed E-state index contributed by atoms with van der Waals surface area (Å²) in [5, 5.41) is 14.3. The van der Waals surface area contributed by atoms with Crippen LogP contribution in [0.25, 0.3) is 10.9 Å². The third-order valence-corrected chi connectivity index (χ3v) is 3.77. The van der Waals surface area contributed by atoms with Crippen molar-refractivity contribution in [1.29, 1.82) is 0 Å². The van der Waals surface area contributed by atoms with Gasteiger partial charge in [0.25, 0.3) is 11.6 Å². The lowest BCUT2D eigenvalue weighted by atomic mass is 10.1. The van der Waals surface area contributed by atoms with Gasteiger partial charge in [-0.2, -0.15) is 0 Å². The first-order valence-electron chi connectivity index (χ1n) is 7.97. The fraction of sp³-hybridized carbons (Fsp3) is 0.158. The topological polar surface area (TPSA) is 94.4 Å². The van der Waals surface area contributed by atoms with Crippen LogP contribution in [0.5, 0.6) is 5.75 Å². The first kappa shape index (κ1) is 17.3. The van der Waals surface area contributed by atoms with E-state index in [1.165, 1.54) is 18.3 Å². The number of aryl methyl sites for hydroxylation is 2. The Labute approximate surface area is 149 Å². The number of carbonyl (C=O) groups excluding carboxylic acids is 1. The van der Waals surface area contributed by atoms with Crippen molar-refractivity contribution < 1.29 is 14.5 Å². The van der Waals surface area contributed by atoms with E-state index in [0.29, 0.717) is 22.3 Å². The fourth-order valence-corrected chi connectivity index (χ4v) is 2.79. The number of nitro groups is 1. The minimum absolute atomic E-state index is 0.0554. The van der Waals surface area contributed by atoms with E-state index in [1.807, 2.05) is 32.0 Å². The predicted octanol–water partition coefficient (Wildman–Crippen LogP) is 3.78. The number of hydrogen-bond donors (Lipinski definition) is 1. The van der Waals surface area contributed by atoms with Gasteiger partial charge in [-0.15, -0.1) is 0 Å². The Bertz CT molecular complexity index is 981. The summed E-state index contributed by atoms with van der Waals surface area (Å²) >= 11 is 0. The number of aromatic nitrogens is 1. The van der Waals surface area contributed by atoms with Crippen molar-refractivity contribution in [3.8, 4) is 5.75 Å². The summed E-state index contributed by atoms with van der Waals surface area (Å²) in [6.45, 7) is 3.68. The van der Waals surface area contributed by atoms with Gasteiger partial charge in [0.2, 0.25) is 0 Å². The molecule has 0 aliphatic rings. The van der Waals surface area contributed by atoms with E-state index in [-0.39, 0.29) is 18.2 Å². The molecular formula is C19H17N3O4. The van der Waals surface area contributed by atoms with Crippen LogP contribution in [0.3, 0.4) is 0 Å². The third-order valence-electron chi connectivity index (χ3n) is 3.77. The zero-order chi connectivity index (χ0) is 18.7. The van der Waals surface area contributed by atoms with Crippen molar-refractivity contribution in [3.63, 3.8) is 0 Å². The molecule has 0 spiro atoms. The van der Waals surface area contributed by atoms with Crippen molar-refractivity contribution >= 4 is 28.2 Å². The maximum Gasteiger partial charge on any atom is 0.279 e. The van der Waals surface area contributed by atoms with Crippen molar-refractivity contribution in [2.75, 3.05) is 11.9 Å². The smallest absolute Gasteiger partial charge is 0.279 e. The van der Waals surface area contributed by atoms with Crippen LogP contribution in [-0.4, -0.2) is 22.4 Å². The summed E-state index contributed by atoms with van der Waals surface area (Å²) in [5.41, 5.74) is 3.09. The number of non-ortho nitro benzene ring substituents is 1. The highest BCUT2D eigenvalue weighted by Gasteiger charge is 2.16. The molecule has 0 saturated heterocycles. The molecule has 0 aliphatic heterocycles. The van der Waals surface area contributed by atoms with Crippen molar-refractivity contribution in [2.24, 2.45) is 0 Å². The molecular weight excluding hydrogens is 334 g/mol. The maximum atomic E-state index is 12.2. The van der Waals surface area contributed by atoms with Crippen LogP contribution < -0.4 is 10.1 Å². The number of anilines is 1. The van der Waals surface area contributed by atoms with Crippen LogP contribution in [-0.2, 0) is 4.79 Å². The molecule has 2 aromatic carbocycles. The molecule has 1 N–H and O–H groups in total. The van der Waals surface area contributed by atoms with Crippen LogP contribution in [0.1, 0.15) is 11.1 Å². The van der Waals surface area contributed by atoms with Gasteiger partial charge in [0.1, 0.15) is 11.3 Å². The molecule has 7 nitrogen and oxygen atoms in total. The number of carbonyl (C=O) groups is 1. The van der Waals surface area contributed by atoms with Crippen molar-refractivity contribution in [1.82, 2.24) is 4.98 Å². The molecule has 0 radical (unpaired) electrons. The second-order valence-corrected chi connectivity index (χ2v) is 5.95. The number of rotatable bonds is 5. The van der Waals surface area contributed by atoms with Gasteiger partial charge in [-0.1, -0.05) is 6.07 Å². The van der Waals surface area contributed by atoms with Gasteiger partial charge < -0.3 is 10.1 Å². The van der Waals surface area contributed by atoms with Gasteiger partial charge >= 0.3 is 0 Å². The van der Waals surface area contributed by atoms with Crippen LogP contribution in [0.2, 0.25) is 0 Å². The minimum atomic E-state index is -0.472. The summed E-state index contributed by atoms with van der Waals surface area (Å²) < 4.78 is 5.55. The number of nitrogens with one attached hydrogen (secondary N) is 1. The molecule has 3 aromatic rings. The standard InChI is InChI=1S/C19H17N3O4/c1-12-8-13(2)10-14(9-12)21-18(23)11-26-17-6-5-16(22(24)25)15-4-3-7-20-19(15)17/h3-10H,11H2,1-2H3,(H,21,23). The minimum Gasteiger partial charge on any atom is -0.481 e. The summed E-state index contributed by atoms with van der Waals surface area (Å²) in [7, 11) is 0. The molecule has 1 aromatic heterocycles. The van der Waals surface area contributed by atoms with E-state index in [4.69, 9.17) is 4.74 Å². The summed E-state index contributed by atoms with van der Waals surface area (Å²) in [6, 6.07) is 11.8. The Morgan fingerprint density at radius 2 is 1.92 bits per heavy atom. The number of benzene rings is 2. The maximum absolute atomic E-state index is 12.2. The quantitative estimate of drug-likeness (QED) is 0.558. The van der Waals surface area contributed by atoms with Crippen molar-refractivity contribution in [3.05, 3.63) is 69.9 Å². The Morgan fingerprint density at radius 3 is 2.62 bits per heavy atom. The highest BCUT2D eigenvalue weighted by atomic mass is 16.6. The molecule has 0 fully saturated rings. The van der Waals surface area contributed by atoms with Gasteiger partial charge in [-0.3, -0.25) is 19.9 Å². The summed E-state index contributed by atoms with van der Waals surface area (Å²) in [6.07, 6.45) is 1.52. The first-order chi connectivity index (χ1) is 12.4. The Hall–Kier alpha value is -3.48. The Kier molecular flexibility index (Phi) is 4.79. The number of nitrogens with zero attached hydrogens (tertiary/aromatic N) is 2. The number of fused-ring (bicyclic) bond motifs is 1. The number of ether oxygens (including phenoxy) is 1. The second-order valence-electron chi connectivity index (χ2n) is 5.95. The largest absolute Gasteiger partial charge is 0.481 e. The van der Waals surface area contributed by atoms with Gasteiger partial charge in [-0.05, 0) is 55.3 Å². The highest BCUT2D eigenvalue weighted by Crippen LogP contribution is 2.31. The van der Waals surface area contributed by atoms with Gasteiger partial charge in [-0.25, -0.2) is 0 Å². The van der Waals surface area contributed by atoms with Crippen LogP contribution >= 0.6 is 0 Å². The van der Waals surface area contributed by atoms with E-state index in [1.54, 1.807) is 12.1 Å². The molecule has 0 atom stereocenters. The lowest BCUT2D eigenvalue weighted by molar-refractivity contribution is -0.383. The molecule has 7 heteroatoms. The molecule has 0 unspecified atom stereocenters. The monoisotopic (exact) mass is 351 g/mol. The molecule has 132 valence electrons. The van der Waals surface area contributed by atoms with E-state index in [9.17, 15) is 14.9 Å². The number of pyridine rings is 1.